The van der Waals surface area contributed by atoms with Gasteiger partial charge < -0.3 is 14.8 Å². The molecule has 0 spiro atoms. The van der Waals surface area contributed by atoms with Crippen LogP contribution in [0, 0.1) is 0 Å². The van der Waals surface area contributed by atoms with E-state index in [4.69, 9.17) is 0 Å². The summed E-state index contributed by atoms with van der Waals surface area (Å²) in [6, 6.07) is 7.47. The molecule has 1 atom stereocenters. The molecule has 15 heavy (non-hydrogen) atoms. The summed E-state index contributed by atoms with van der Waals surface area (Å²) in [6.07, 6.45) is 0. The summed E-state index contributed by atoms with van der Waals surface area (Å²) in [5.74, 6) is -1.11. The lowest BCUT2D eigenvalue weighted by Gasteiger charge is -2.18. The second-order valence-corrected chi connectivity index (χ2v) is 4.17. The van der Waals surface area contributed by atoms with Crippen LogP contribution in [0.5, 0.6) is 0 Å². The Morgan fingerprint density at radius 1 is 1.47 bits per heavy atom. The van der Waals surface area contributed by atoms with Crippen LogP contribution in [0.25, 0.3) is 0 Å². The summed E-state index contributed by atoms with van der Waals surface area (Å²) >= 11 is 0. The van der Waals surface area contributed by atoms with Crippen molar-refractivity contribution in [3.63, 3.8) is 0 Å². The lowest BCUT2D eigenvalue weighted by atomic mass is 10.1. The van der Waals surface area contributed by atoms with Crippen molar-refractivity contribution in [1.29, 1.82) is 0 Å². The minimum absolute atomic E-state index is 0.254. The van der Waals surface area contributed by atoms with Crippen LogP contribution in [-0.2, 0) is 6.54 Å². The van der Waals surface area contributed by atoms with E-state index in [1.165, 1.54) is 4.90 Å². The van der Waals surface area contributed by atoms with Gasteiger partial charge in [-0.2, -0.15) is 0 Å². The van der Waals surface area contributed by atoms with Crippen molar-refractivity contribution in [1.82, 2.24) is 0 Å². The van der Waals surface area contributed by atoms with E-state index in [-0.39, 0.29) is 5.56 Å². The first-order valence-electron chi connectivity index (χ1n) is 5.13. The molecule has 0 aliphatic carbocycles. The van der Waals surface area contributed by atoms with Crippen molar-refractivity contribution in [2.24, 2.45) is 0 Å². The first kappa shape index (κ1) is 11.7. The van der Waals surface area contributed by atoms with Crippen LogP contribution in [0.15, 0.2) is 24.3 Å². The molecule has 0 aliphatic rings. The maximum Gasteiger partial charge on any atom is 0.103 e. The fraction of sp³-hybridized carbons (Fsp3) is 0.417. The average molecular weight is 207 g/mol. The zero-order chi connectivity index (χ0) is 11.4. The average Bonchev–Trinajstić information content (AvgIpc) is 2.18. The van der Waals surface area contributed by atoms with Crippen molar-refractivity contribution in [3.8, 4) is 0 Å². The topological polar surface area (TPSA) is 44.6 Å². The first-order valence-corrected chi connectivity index (χ1v) is 5.13. The molecule has 1 aromatic carbocycles. The van der Waals surface area contributed by atoms with Crippen LogP contribution < -0.4 is 10.0 Å². The third-order valence-corrected chi connectivity index (χ3v) is 2.63. The Bertz CT molecular complexity index is 347. The van der Waals surface area contributed by atoms with Gasteiger partial charge in [0.25, 0.3) is 0 Å². The summed E-state index contributed by atoms with van der Waals surface area (Å²) in [7, 11) is 2.09. The number of carboxylic acid groups (broad SMARTS) is 1. The minimum Gasteiger partial charge on any atom is -0.545 e. The third-order valence-electron chi connectivity index (χ3n) is 2.63. The molecule has 1 rings (SSSR count). The molecule has 82 valence electrons. The predicted molar refractivity (Wildman–Crippen MR) is 56.5 cm³/mol. The molecular weight excluding hydrogens is 190 g/mol. The van der Waals surface area contributed by atoms with Crippen LogP contribution in [0.1, 0.15) is 29.8 Å². The highest BCUT2D eigenvalue weighted by molar-refractivity contribution is 5.85. The van der Waals surface area contributed by atoms with Crippen LogP contribution in [-0.4, -0.2) is 19.1 Å². The maximum atomic E-state index is 10.7. The van der Waals surface area contributed by atoms with Gasteiger partial charge >= 0.3 is 0 Å². The van der Waals surface area contributed by atoms with E-state index in [1.54, 1.807) is 18.2 Å². The smallest absolute Gasteiger partial charge is 0.103 e. The van der Waals surface area contributed by atoms with Gasteiger partial charge in [-0.3, -0.25) is 0 Å². The van der Waals surface area contributed by atoms with E-state index in [0.717, 1.165) is 12.1 Å². The van der Waals surface area contributed by atoms with Crippen LogP contribution in [0.2, 0.25) is 0 Å². The number of nitrogens with one attached hydrogen (secondary N) is 1. The normalized spacial score (nSPS) is 12.8. The molecule has 0 saturated carbocycles. The third kappa shape index (κ3) is 3.36. The molecular formula is C12H17NO2. The number of carbonyl (C=O) groups is 1. The zero-order valence-electron chi connectivity index (χ0n) is 9.41. The van der Waals surface area contributed by atoms with Crippen LogP contribution in [0.3, 0.4) is 0 Å². The minimum atomic E-state index is -1.11. The summed E-state index contributed by atoms with van der Waals surface area (Å²) in [4.78, 5) is 12.0. The molecule has 0 fully saturated rings. The van der Waals surface area contributed by atoms with Gasteiger partial charge in [-0.1, -0.05) is 18.2 Å². The number of carbonyl (C=O) groups excluding carboxylic acids is 1. The molecule has 1 unspecified atom stereocenters. The van der Waals surface area contributed by atoms with Gasteiger partial charge in [0.1, 0.15) is 6.54 Å². The number of hydrogen-bond acceptors (Lipinski definition) is 2. The van der Waals surface area contributed by atoms with E-state index >= 15 is 0 Å². The molecule has 0 saturated heterocycles. The van der Waals surface area contributed by atoms with E-state index in [1.807, 2.05) is 6.07 Å². The molecule has 0 aromatic heterocycles. The molecule has 1 N–H and O–H groups in total. The molecule has 3 nitrogen and oxygen atoms in total. The van der Waals surface area contributed by atoms with E-state index in [9.17, 15) is 9.90 Å². The number of benzene rings is 1. The van der Waals surface area contributed by atoms with Crippen molar-refractivity contribution < 1.29 is 14.8 Å². The number of carboxylic acids is 1. The molecule has 0 amide bonds. The van der Waals surface area contributed by atoms with E-state index in [2.05, 4.69) is 20.9 Å². The molecule has 0 bridgehead atoms. The molecule has 3 heteroatoms. The van der Waals surface area contributed by atoms with Gasteiger partial charge in [-0.25, -0.2) is 0 Å². The van der Waals surface area contributed by atoms with Gasteiger partial charge in [0.05, 0.1) is 19.1 Å². The Labute approximate surface area is 90.3 Å². The summed E-state index contributed by atoms with van der Waals surface area (Å²) < 4.78 is 0. The van der Waals surface area contributed by atoms with Gasteiger partial charge in [-0.05, 0) is 25.5 Å². The highest BCUT2D eigenvalue weighted by Crippen LogP contribution is 2.03. The summed E-state index contributed by atoms with van der Waals surface area (Å²) in [5, 5.41) is 10.7. The van der Waals surface area contributed by atoms with Gasteiger partial charge in [0.15, 0.2) is 0 Å². The van der Waals surface area contributed by atoms with Crippen molar-refractivity contribution in [3.05, 3.63) is 35.4 Å². The fourth-order valence-corrected chi connectivity index (χ4v) is 1.33. The monoisotopic (exact) mass is 207 g/mol. The number of aromatic carboxylic acids is 1. The Morgan fingerprint density at radius 2 is 2.13 bits per heavy atom. The Morgan fingerprint density at radius 3 is 2.67 bits per heavy atom. The highest BCUT2D eigenvalue weighted by Gasteiger charge is 2.07. The Kier molecular flexibility index (Phi) is 3.86. The second kappa shape index (κ2) is 4.94. The van der Waals surface area contributed by atoms with Crippen LogP contribution in [0.4, 0.5) is 0 Å². The predicted octanol–water partition coefficient (Wildman–Crippen LogP) is -0.527. The lowest BCUT2D eigenvalue weighted by Crippen LogP contribution is -3.10. The molecule has 1 aromatic rings. The van der Waals surface area contributed by atoms with Gasteiger partial charge in [-0.15, -0.1) is 0 Å². The van der Waals surface area contributed by atoms with Gasteiger partial charge in [0.2, 0.25) is 0 Å². The highest BCUT2D eigenvalue weighted by atomic mass is 16.4. The largest absolute Gasteiger partial charge is 0.545 e. The van der Waals surface area contributed by atoms with Crippen molar-refractivity contribution in [2.45, 2.75) is 26.4 Å². The van der Waals surface area contributed by atoms with E-state index in [0.29, 0.717) is 6.04 Å². The summed E-state index contributed by atoms with van der Waals surface area (Å²) in [5.41, 5.74) is 1.28. The maximum absolute atomic E-state index is 10.7. The van der Waals surface area contributed by atoms with E-state index < -0.39 is 5.97 Å². The quantitative estimate of drug-likeness (QED) is 0.721. The van der Waals surface area contributed by atoms with Crippen molar-refractivity contribution >= 4 is 5.97 Å². The standard InChI is InChI=1S/C12H17NO2/c1-9(2)13(3)8-10-5-4-6-11(7-10)12(14)15/h4-7,9H,8H2,1-3H3,(H,14,15). The second-order valence-electron chi connectivity index (χ2n) is 4.17. The Hall–Kier alpha value is -1.35. The SMILES string of the molecule is CC(C)[NH+](C)Cc1cccc(C(=O)[O-])c1. The Balaban J connectivity index is 2.78. The van der Waals surface area contributed by atoms with Crippen molar-refractivity contribution in [2.75, 3.05) is 7.05 Å². The van der Waals surface area contributed by atoms with Crippen LogP contribution >= 0.6 is 0 Å². The zero-order valence-corrected chi connectivity index (χ0v) is 9.41. The first-order chi connectivity index (χ1) is 7.00. The van der Waals surface area contributed by atoms with Gasteiger partial charge in [0, 0.05) is 5.56 Å². The number of hydrogen-bond donors (Lipinski definition) is 1. The number of rotatable bonds is 4. The lowest BCUT2D eigenvalue weighted by molar-refractivity contribution is -0.915. The molecule has 0 heterocycles. The molecule has 0 radical (unpaired) electrons. The number of quaternary nitrogens is 1. The fourth-order valence-electron chi connectivity index (χ4n) is 1.33. The summed E-state index contributed by atoms with van der Waals surface area (Å²) in [6.45, 7) is 5.11. The molecule has 0 aliphatic heterocycles.